The average Bonchev–Trinajstić information content (AvgIpc) is 2.74. The number of carbonyl (C=O) groups is 1. The molecule has 1 saturated carbocycles. The number of anilines is 1. The SMILES string of the molecule is CC1CCCC1C(=O)NCc1ccccc1N. The lowest BCUT2D eigenvalue weighted by Gasteiger charge is -2.15. The van der Waals surface area contributed by atoms with Gasteiger partial charge in [0, 0.05) is 18.2 Å². The summed E-state index contributed by atoms with van der Waals surface area (Å²) >= 11 is 0. The first-order chi connectivity index (χ1) is 8.18. The predicted octanol–water partition coefficient (Wildman–Crippen LogP) is 2.32. The molecule has 1 aliphatic rings. The third-order valence-electron chi connectivity index (χ3n) is 3.71. The van der Waals surface area contributed by atoms with Crippen LogP contribution in [0.25, 0.3) is 0 Å². The Kier molecular flexibility index (Phi) is 3.67. The summed E-state index contributed by atoms with van der Waals surface area (Å²) in [5.41, 5.74) is 7.57. The first kappa shape index (κ1) is 12.0. The number of benzene rings is 1. The van der Waals surface area contributed by atoms with Gasteiger partial charge in [-0.1, -0.05) is 31.5 Å². The van der Waals surface area contributed by atoms with Gasteiger partial charge >= 0.3 is 0 Å². The molecule has 3 N–H and O–H groups in total. The van der Waals surface area contributed by atoms with Crippen LogP contribution in [-0.2, 0) is 11.3 Å². The first-order valence-electron chi connectivity index (χ1n) is 6.29. The second kappa shape index (κ2) is 5.21. The minimum atomic E-state index is 0.179. The summed E-state index contributed by atoms with van der Waals surface area (Å²) in [7, 11) is 0. The molecule has 3 nitrogen and oxygen atoms in total. The summed E-state index contributed by atoms with van der Waals surface area (Å²) in [5, 5.41) is 2.99. The Labute approximate surface area is 102 Å². The lowest BCUT2D eigenvalue weighted by atomic mass is 9.97. The molecule has 0 spiro atoms. The molecule has 0 saturated heterocycles. The second-order valence-electron chi connectivity index (χ2n) is 4.93. The van der Waals surface area contributed by atoms with Crippen molar-refractivity contribution in [3.63, 3.8) is 0 Å². The number of nitrogens with two attached hydrogens (primary N) is 1. The van der Waals surface area contributed by atoms with Crippen LogP contribution in [0.15, 0.2) is 24.3 Å². The monoisotopic (exact) mass is 232 g/mol. The molecule has 1 aromatic rings. The molecule has 17 heavy (non-hydrogen) atoms. The van der Waals surface area contributed by atoms with Crippen molar-refractivity contribution in [1.82, 2.24) is 5.32 Å². The fourth-order valence-electron chi connectivity index (χ4n) is 2.54. The van der Waals surface area contributed by atoms with Crippen LogP contribution in [-0.4, -0.2) is 5.91 Å². The highest BCUT2D eigenvalue weighted by Crippen LogP contribution is 2.31. The largest absolute Gasteiger partial charge is 0.398 e. The van der Waals surface area contributed by atoms with Gasteiger partial charge in [0.15, 0.2) is 0 Å². The Morgan fingerprint density at radius 1 is 1.41 bits per heavy atom. The maximum absolute atomic E-state index is 12.0. The van der Waals surface area contributed by atoms with Crippen LogP contribution in [0.4, 0.5) is 5.69 Å². The van der Waals surface area contributed by atoms with Gasteiger partial charge < -0.3 is 11.1 Å². The molecule has 1 aromatic carbocycles. The molecule has 0 aromatic heterocycles. The number of nitrogens with one attached hydrogen (secondary N) is 1. The topological polar surface area (TPSA) is 55.1 Å². The zero-order valence-electron chi connectivity index (χ0n) is 10.3. The van der Waals surface area contributed by atoms with Crippen molar-refractivity contribution < 1.29 is 4.79 Å². The van der Waals surface area contributed by atoms with E-state index in [2.05, 4.69) is 12.2 Å². The van der Waals surface area contributed by atoms with Crippen molar-refractivity contribution in [2.24, 2.45) is 11.8 Å². The van der Waals surface area contributed by atoms with Gasteiger partial charge in [-0.25, -0.2) is 0 Å². The van der Waals surface area contributed by atoms with E-state index in [9.17, 15) is 4.79 Å². The summed E-state index contributed by atoms with van der Waals surface area (Å²) in [4.78, 5) is 12.0. The smallest absolute Gasteiger partial charge is 0.223 e. The van der Waals surface area contributed by atoms with Crippen molar-refractivity contribution in [2.75, 3.05) is 5.73 Å². The van der Waals surface area contributed by atoms with Crippen LogP contribution in [0.5, 0.6) is 0 Å². The van der Waals surface area contributed by atoms with Crippen LogP contribution in [0.3, 0.4) is 0 Å². The fraction of sp³-hybridized carbons (Fsp3) is 0.500. The molecule has 2 rings (SSSR count). The lowest BCUT2D eigenvalue weighted by Crippen LogP contribution is -2.31. The minimum Gasteiger partial charge on any atom is -0.398 e. The summed E-state index contributed by atoms with van der Waals surface area (Å²) < 4.78 is 0. The Morgan fingerprint density at radius 3 is 2.82 bits per heavy atom. The standard InChI is InChI=1S/C14H20N2O/c1-10-5-4-7-12(10)14(17)16-9-11-6-2-3-8-13(11)15/h2-3,6,8,10,12H,4-5,7,9,15H2,1H3,(H,16,17). The Morgan fingerprint density at radius 2 is 2.18 bits per heavy atom. The normalized spacial score (nSPS) is 23.6. The van der Waals surface area contributed by atoms with E-state index in [1.807, 2.05) is 24.3 Å². The summed E-state index contributed by atoms with van der Waals surface area (Å²) in [6.07, 6.45) is 3.37. The van der Waals surface area contributed by atoms with E-state index in [0.717, 1.165) is 17.7 Å². The maximum atomic E-state index is 12.0. The molecule has 1 amide bonds. The third kappa shape index (κ3) is 2.78. The van der Waals surface area contributed by atoms with E-state index in [1.165, 1.54) is 12.8 Å². The van der Waals surface area contributed by atoms with Crippen molar-refractivity contribution in [3.8, 4) is 0 Å². The molecule has 2 atom stereocenters. The van der Waals surface area contributed by atoms with Gasteiger partial charge in [-0.3, -0.25) is 4.79 Å². The molecule has 92 valence electrons. The summed E-state index contributed by atoms with van der Waals surface area (Å²) in [6, 6.07) is 7.66. The third-order valence-corrected chi connectivity index (χ3v) is 3.71. The number of para-hydroxylation sites is 1. The zero-order chi connectivity index (χ0) is 12.3. The fourth-order valence-corrected chi connectivity index (χ4v) is 2.54. The number of hydrogen-bond acceptors (Lipinski definition) is 2. The molecule has 0 heterocycles. The number of carbonyl (C=O) groups excluding carboxylic acids is 1. The number of hydrogen-bond donors (Lipinski definition) is 2. The first-order valence-corrected chi connectivity index (χ1v) is 6.29. The Hall–Kier alpha value is -1.51. The second-order valence-corrected chi connectivity index (χ2v) is 4.93. The average molecular weight is 232 g/mol. The van der Waals surface area contributed by atoms with E-state index in [-0.39, 0.29) is 11.8 Å². The zero-order valence-corrected chi connectivity index (χ0v) is 10.3. The summed E-state index contributed by atoms with van der Waals surface area (Å²) in [6.45, 7) is 2.70. The predicted molar refractivity (Wildman–Crippen MR) is 69.2 cm³/mol. The van der Waals surface area contributed by atoms with Gasteiger partial charge in [-0.2, -0.15) is 0 Å². The van der Waals surface area contributed by atoms with Crippen LogP contribution in [0.2, 0.25) is 0 Å². The molecular weight excluding hydrogens is 212 g/mol. The van der Waals surface area contributed by atoms with Crippen LogP contribution >= 0.6 is 0 Å². The minimum absolute atomic E-state index is 0.179. The molecule has 1 fully saturated rings. The number of amides is 1. The Balaban J connectivity index is 1.90. The van der Waals surface area contributed by atoms with Crippen molar-refractivity contribution >= 4 is 11.6 Å². The van der Waals surface area contributed by atoms with Crippen LogP contribution < -0.4 is 11.1 Å². The van der Waals surface area contributed by atoms with E-state index in [4.69, 9.17) is 5.73 Å². The molecule has 0 bridgehead atoms. The number of rotatable bonds is 3. The van der Waals surface area contributed by atoms with E-state index >= 15 is 0 Å². The van der Waals surface area contributed by atoms with Crippen molar-refractivity contribution in [2.45, 2.75) is 32.7 Å². The van der Waals surface area contributed by atoms with Crippen molar-refractivity contribution in [3.05, 3.63) is 29.8 Å². The molecule has 0 aliphatic heterocycles. The van der Waals surface area contributed by atoms with E-state index < -0.39 is 0 Å². The van der Waals surface area contributed by atoms with E-state index in [0.29, 0.717) is 12.5 Å². The highest BCUT2D eigenvalue weighted by atomic mass is 16.1. The Bertz CT molecular complexity index is 403. The van der Waals surface area contributed by atoms with Gasteiger partial charge in [0.2, 0.25) is 5.91 Å². The van der Waals surface area contributed by atoms with Gasteiger partial charge in [0.25, 0.3) is 0 Å². The molecule has 2 unspecified atom stereocenters. The summed E-state index contributed by atoms with van der Waals surface area (Å²) in [5.74, 6) is 0.890. The van der Waals surface area contributed by atoms with Gasteiger partial charge in [-0.05, 0) is 30.4 Å². The van der Waals surface area contributed by atoms with Crippen LogP contribution in [0.1, 0.15) is 31.7 Å². The lowest BCUT2D eigenvalue weighted by molar-refractivity contribution is -0.126. The van der Waals surface area contributed by atoms with E-state index in [1.54, 1.807) is 0 Å². The molecule has 3 heteroatoms. The van der Waals surface area contributed by atoms with Gasteiger partial charge in [0.05, 0.1) is 0 Å². The molecule has 0 radical (unpaired) electrons. The number of nitrogen functional groups attached to an aromatic ring is 1. The highest BCUT2D eigenvalue weighted by Gasteiger charge is 2.29. The van der Waals surface area contributed by atoms with Gasteiger partial charge in [-0.15, -0.1) is 0 Å². The molecule has 1 aliphatic carbocycles. The highest BCUT2D eigenvalue weighted by molar-refractivity contribution is 5.79. The quantitative estimate of drug-likeness (QED) is 0.786. The maximum Gasteiger partial charge on any atom is 0.223 e. The van der Waals surface area contributed by atoms with Gasteiger partial charge in [0.1, 0.15) is 0 Å². The van der Waals surface area contributed by atoms with Crippen molar-refractivity contribution in [1.29, 1.82) is 0 Å². The van der Waals surface area contributed by atoms with Crippen LogP contribution in [0, 0.1) is 11.8 Å². The molecular formula is C14H20N2O.